The maximum atomic E-state index is 12.4. The van der Waals surface area contributed by atoms with Crippen molar-refractivity contribution in [2.75, 3.05) is 35.2 Å². The molecule has 6 aliphatic rings. The van der Waals surface area contributed by atoms with Crippen LogP contribution in [0.3, 0.4) is 0 Å². The number of carbonyl (C=O) groups is 4. The highest BCUT2D eigenvalue weighted by Crippen LogP contribution is 2.46. The number of hydrogen-bond acceptors (Lipinski definition) is 12. The quantitative estimate of drug-likeness (QED) is 0.0289. The van der Waals surface area contributed by atoms with Gasteiger partial charge in [0.2, 0.25) is 24.5 Å². The molecule has 6 aromatic rings. The zero-order valence-electron chi connectivity index (χ0n) is 54.0. The molecule has 472 valence electrons. The lowest BCUT2D eigenvalue weighted by Gasteiger charge is -2.24. The lowest BCUT2D eigenvalue weighted by molar-refractivity contribution is -0.714. The zero-order chi connectivity index (χ0) is 63.0. The molecule has 0 radical (unpaired) electrons. The number of aromatic nitrogens is 2. The third-order valence-electron chi connectivity index (χ3n) is 19.4. The first-order valence-electron chi connectivity index (χ1n) is 32.8. The molecule has 14 nitrogen and oxygen atoms in total. The normalized spacial score (nSPS) is 17.0. The lowest BCUT2D eigenvalue weighted by atomic mass is 9.88. The van der Waals surface area contributed by atoms with Gasteiger partial charge in [0.25, 0.3) is 0 Å². The minimum atomic E-state index is -0.227. The summed E-state index contributed by atoms with van der Waals surface area (Å²) in [6.45, 7) is 8.15. The summed E-state index contributed by atoms with van der Waals surface area (Å²) in [4.78, 5) is 48.9. The molecular weight excluding hydrogens is 1130 g/mol. The van der Waals surface area contributed by atoms with Crippen molar-refractivity contribution in [1.82, 2.24) is 0 Å². The summed E-state index contributed by atoms with van der Waals surface area (Å²) in [5, 5.41) is 4.31. The van der Waals surface area contributed by atoms with Crippen molar-refractivity contribution in [2.24, 2.45) is 0 Å². The van der Waals surface area contributed by atoms with Crippen LogP contribution in [0.1, 0.15) is 173 Å². The van der Waals surface area contributed by atoms with E-state index in [1.54, 1.807) is 68.3 Å². The van der Waals surface area contributed by atoms with E-state index in [1.165, 1.54) is 91.4 Å². The summed E-state index contributed by atoms with van der Waals surface area (Å²) >= 11 is 0. The molecule has 0 spiro atoms. The van der Waals surface area contributed by atoms with E-state index in [4.69, 9.17) is 37.9 Å². The van der Waals surface area contributed by atoms with Gasteiger partial charge >= 0.3 is 0 Å². The van der Waals surface area contributed by atoms with Gasteiger partial charge in [0.1, 0.15) is 0 Å². The van der Waals surface area contributed by atoms with Crippen molar-refractivity contribution < 1.29 is 66.2 Å². The predicted molar refractivity (Wildman–Crippen MR) is 348 cm³/mol. The summed E-state index contributed by atoms with van der Waals surface area (Å²) in [6, 6.07) is 21.6. The number of fused-ring (bicyclic) bond motifs is 10. The summed E-state index contributed by atoms with van der Waals surface area (Å²) in [5.74, 6) is 6.39. The molecule has 0 saturated heterocycles. The summed E-state index contributed by atoms with van der Waals surface area (Å²) in [7, 11) is 6.73. The fraction of sp³-hybridized carbons (Fsp3) is 0.447. The molecule has 2 aliphatic carbocycles. The third kappa shape index (κ3) is 13.6. The number of unbranched alkanes of at least 4 members (excludes halogenated alkanes) is 14. The van der Waals surface area contributed by atoms with E-state index in [1.807, 2.05) is 12.1 Å². The molecule has 2 atom stereocenters. The number of benzene rings is 4. The van der Waals surface area contributed by atoms with E-state index >= 15 is 0 Å². The number of ketones is 4. The van der Waals surface area contributed by atoms with Gasteiger partial charge in [0, 0.05) is 71.3 Å². The highest BCUT2D eigenvalue weighted by Gasteiger charge is 2.36. The largest absolute Gasteiger partial charge is 0.493 e. The van der Waals surface area contributed by atoms with Crippen LogP contribution < -0.4 is 47.0 Å². The second kappa shape index (κ2) is 28.7. The van der Waals surface area contributed by atoms with Crippen LogP contribution in [0.5, 0.6) is 46.0 Å². The van der Waals surface area contributed by atoms with Gasteiger partial charge in [-0.15, -0.1) is 0 Å². The molecular formula is C76H88N2O12+2. The fourth-order valence-corrected chi connectivity index (χ4v) is 13.8. The first-order valence-corrected chi connectivity index (χ1v) is 32.8. The van der Waals surface area contributed by atoms with E-state index in [9.17, 15) is 19.2 Å². The Bertz CT molecular complexity index is 3900. The molecule has 14 heteroatoms. The van der Waals surface area contributed by atoms with Crippen LogP contribution in [-0.2, 0) is 38.6 Å². The van der Waals surface area contributed by atoms with Crippen molar-refractivity contribution >= 4 is 44.7 Å². The zero-order valence-corrected chi connectivity index (χ0v) is 54.0. The van der Waals surface area contributed by atoms with Crippen LogP contribution in [0.25, 0.3) is 44.1 Å². The Morgan fingerprint density at radius 2 is 0.944 bits per heavy atom. The summed E-state index contributed by atoms with van der Waals surface area (Å²) < 4.78 is 51.3. The number of hydrogen-bond donors (Lipinski definition) is 0. The van der Waals surface area contributed by atoms with E-state index in [0.717, 1.165) is 145 Å². The van der Waals surface area contributed by atoms with Crippen molar-refractivity contribution in [1.29, 1.82) is 0 Å². The molecule has 90 heavy (non-hydrogen) atoms. The molecule has 4 aromatic carbocycles. The number of Topliss-reactive ketones (excluding diaryl/α,β-unsaturated/α-hetero) is 2. The number of aryl methyl sites for hydroxylation is 2. The van der Waals surface area contributed by atoms with E-state index in [0.29, 0.717) is 52.3 Å². The minimum absolute atomic E-state index is 0.0122. The number of nitrogens with zero attached hydrogens (tertiary/aromatic N) is 2. The molecule has 2 unspecified atom stereocenters. The van der Waals surface area contributed by atoms with Crippen molar-refractivity contribution in [2.45, 2.75) is 188 Å². The standard InChI is InChI=1S/2C38H44NO6/c1-24-25(2)37(41)27(19-33(24)40)13-11-9-7-5-6-8-10-12-14-29-17-28-20-35-36(45-23-44-35)21-30(28)32-18-26-15-16-34(42-3)38(43-4)31(26)22-39(29)32;1-24-25(2)37(41)28(20-32(24)40)13-11-9-7-5-6-8-10-12-14-36-44-34-21-27-17-18-39-23-30-26(15-16-33(42-3)38(30)43-4)19-31(39)29(27)22-35(34)45-36/h15-16,18-22,29H,5-14,17,23H2,1-4H3;15-16,19-23,36H,5-14,17-18H2,1-4H3/q2*+1. The SMILES string of the molecule is COc1ccc2cc3[n+](cc2c1OC)C(CCCCCCCCCCC1=CC(=O)C(C)=C(C)C1=O)Cc1cc2c(cc1-3)OCO2.COc1ccc2cc3[n+](cc2c1OC)CCc1cc2c(cc1-3)OC(CCCCCCCCCCC1=CC(=O)C(C)=C(C)C1=O)O2. The molecule has 6 heterocycles. The number of allylic oxidation sites excluding steroid dienone is 8. The van der Waals surface area contributed by atoms with E-state index in [2.05, 4.69) is 70.1 Å². The van der Waals surface area contributed by atoms with Gasteiger partial charge in [-0.05, 0) is 149 Å². The lowest BCUT2D eigenvalue weighted by Crippen LogP contribution is -2.45. The van der Waals surface area contributed by atoms with Gasteiger partial charge < -0.3 is 37.9 Å². The second-order valence-corrected chi connectivity index (χ2v) is 25.1. The molecule has 0 fully saturated rings. The monoisotopic (exact) mass is 1220 g/mol. The number of rotatable bonds is 26. The van der Waals surface area contributed by atoms with Crippen LogP contribution >= 0.6 is 0 Å². The number of ether oxygens (including phenoxy) is 8. The molecule has 4 aliphatic heterocycles. The third-order valence-corrected chi connectivity index (χ3v) is 19.4. The smallest absolute Gasteiger partial charge is 0.241 e. The molecule has 0 N–H and O–H groups in total. The Kier molecular flexibility index (Phi) is 20.2. The molecule has 0 bridgehead atoms. The van der Waals surface area contributed by atoms with Gasteiger partial charge in [0.15, 0.2) is 94.1 Å². The number of methoxy groups -OCH3 is 4. The maximum absolute atomic E-state index is 12.4. The maximum Gasteiger partial charge on any atom is 0.241 e. The topological polar surface area (TPSA) is 150 Å². The summed E-state index contributed by atoms with van der Waals surface area (Å²) in [6.07, 6.45) is 30.9. The number of carbonyl (C=O) groups excluding carboxylic acids is 4. The molecule has 0 amide bonds. The Morgan fingerprint density at radius 3 is 1.50 bits per heavy atom. The van der Waals surface area contributed by atoms with Crippen molar-refractivity contribution in [3.63, 3.8) is 0 Å². The Morgan fingerprint density at radius 1 is 0.478 bits per heavy atom. The van der Waals surface area contributed by atoms with Crippen LogP contribution in [0.2, 0.25) is 0 Å². The van der Waals surface area contributed by atoms with Crippen LogP contribution in [0.4, 0.5) is 0 Å². The first kappa shape index (κ1) is 63.3. The van der Waals surface area contributed by atoms with Gasteiger partial charge in [-0.3, -0.25) is 19.2 Å². The van der Waals surface area contributed by atoms with Gasteiger partial charge in [-0.2, -0.15) is 9.13 Å². The Balaban J connectivity index is 0.000000185. The molecule has 12 rings (SSSR count). The molecule has 2 aromatic heterocycles. The first-order chi connectivity index (χ1) is 43.8. The average molecular weight is 1220 g/mol. The van der Waals surface area contributed by atoms with Crippen LogP contribution in [-0.4, -0.2) is 64.7 Å². The van der Waals surface area contributed by atoms with Crippen LogP contribution in [0.15, 0.2) is 119 Å². The fourth-order valence-electron chi connectivity index (χ4n) is 13.8. The van der Waals surface area contributed by atoms with E-state index < -0.39 is 0 Å². The highest BCUT2D eigenvalue weighted by molar-refractivity contribution is 6.23. The molecule has 0 saturated carbocycles. The van der Waals surface area contributed by atoms with Crippen molar-refractivity contribution in [3.05, 3.63) is 130 Å². The minimum Gasteiger partial charge on any atom is -0.493 e. The number of pyridine rings is 2. The predicted octanol–water partition coefficient (Wildman–Crippen LogP) is 15.7. The summed E-state index contributed by atoms with van der Waals surface area (Å²) in [5.41, 5.74) is 11.1. The van der Waals surface area contributed by atoms with Gasteiger partial charge in [-0.25, -0.2) is 0 Å². The van der Waals surface area contributed by atoms with Gasteiger partial charge in [0.05, 0.1) is 50.3 Å². The Labute approximate surface area is 529 Å². The highest BCUT2D eigenvalue weighted by atomic mass is 16.7. The average Bonchev–Trinajstić information content (AvgIpc) is 0.908. The second-order valence-electron chi connectivity index (χ2n) is 25.1. The van der Waals surface area contributed by atoms with E-state index in [-0.39, 0.29) is 36.2 Å². The van der Waals surface area contributed by atoms with Gasteiger partial charge in [-0.1, -0.05) is 77.0 Å². The Hall–Kier alpha value is -8.26. The van der Waals surface area contributed by atoms with Crippen LogP contribution in [0, 0.1) is 0 Å². The van der Waals surface area contributed by atoms with Crippen molar-refractivity contribution in [3.8, 4) is 68.5 Å².